The maximum atomic E-state index is 12.9. The normalized spacial score (nSPS) is 15.0. The molecule has 0 saturated carbocycles. The Morgan fingerprint density at radius 3 is 2.37 bits per heavy atom. The summed E-state index contributed by atoms with van der Waals surface area (Å²) in [6, 6.07) is 17.0. The van der Waals surface area contributed by atoms with Crippen molar-refractivity contribution in [2.45, 2.75) is 20.5 Å². The lowest BCUT2D eigenvalue weighted by atomic mass is 10.1. The van der Waals surface area contributed by atoms with Crippen molar-refractivity contribution < 1.29 is 28.9 Å². The molecule has 1 N–H and O–H groups in total. The van der Waals surface area contributed by atoms with Crippen LogP contribution >= 0.6 is 46.6 Å². The van der Waals surface area contributed by atoms with Gasteiger partial charge in [-0.05, 0) is 67.4 Å². The first-order valence-electron chi connectivity index (χ1n) is 12.4. The summed E-state index contributed by atoms with van der Waals surface area (Å²) in [5, 5.41) is 12.1. The number of thioether (sulfide) groups is 1. The predicted octanol–water partition coefficient (Wildman–Crippen LogP) is 8.33. The molecule has 0 aromatic heterocycles. The number of hydrogen-bond acceptors (Lipinski definition) is 7. The van der Waals surface area contributed by atoms with Crippen molar-refractivity contribution >= 4 is 69.6 Å². The van der Waals surface area contributed by atoms with Gasteiger partial charge in [-0.1, -0.05) is 70.8 Å². The van der Waals surface area contributed by atoms with Crippen LogP contribution in [0.25, 0.3) is 6.08 Å². The average molecular weight is 633 g/mol. The highest BCUT2D eigenvalue weighted by Gasteiger charge is 2.34. The van der Waals surface area contributed by atoms with E-state index in [1.807, 2.05) is 19.1 Å². The number of aliphatic hydroxyl groups excluding tert-OH is 1. The molecule has 0 unspecified atom stereocenters. The molecule has 0 aliphatic carbocycles. The molecule has 3 aromatic carbocycles. The average Bonchev–Trinajstić information content (AvgIpc) is 3.23. The maximum Gasteiger partial charge on any atom is 0.344 e. The highest BCUT2D eigenvalue weighted by atomic mass is 35.5. The van der Waals surface area contributed by atoms with E-state index >= 15 is 0 Å². The van der Waals surface area contributed by atoms with E-state index in [2.05, 4.69) is 4.99 Å². The number of hydrogen-bond donors (Lipinski definition) is 1. The summed E-state index contributed by atoms with van der Waals surface area (Å²) in [4.78, 5) is 30.0. The van der Waals surface area contributed by atoms with E-state index in [4.69, 9.17) is 49.0 Å². The van der Waals surface area contributed by atoms with Gasteiger partial charge in [0.25, 0.3) is 5.91 Å². The monoisotopic (exact) mass is 631 g/mol. The van der Waals surface area contributed by atoms with Crippen molar-refractivity contribution in [1.82, 2.24) is 0 Å². The first kappa shape index (κ1) is 30.5. The van der Waals surface area contributed by atoms with Gasteiger partial charge in [0.05, 0.1) is 33.7 Å². The van der Waals surface area contributed by atoms with Gasteiger partial charge in [0.1, 0.15) is 23.0 Å². The standard InChI is InChI=1S/C30H24Cl3NO6S/c1-3-38-23-14-18(13-22(33)27(23)40-16-17-9-11-19(31)12-10-17)15-24-26(35)25(30(37)39-4-2)29(41-24)34-28(36)20-7-5-6-8-21(20)32/h5-15,35H,3-4,16H2,1-2H3/b24-15-,34-29?. The van der Waals surface area contributed by atoms with Gasteiger partial charge in [0, 0.05) is 5.02 Å². The summed E-state index contributed by atoms with van der Waals surface area (Å²) in [6.07, 6.45) is 1.60. The van der Waals surface area contributed by atoms with Crippen LogP contribution in [0.15, 0.2) is 81.9 Å². The lowest BCUT2D eigenvalue weighted by Crippen LogP contribution is -2.14. The van der Waals surface area contributed by atoms with Crippen LogP contribution in [-0.2, 0) is 16.1 Å². The summed E-state index contributed by atoms with van der Waals surface area (Å²) in [6.45, 7) is 4.11. The van der Waals surface area contributed by atoms with Gasteiger partial charge in [-0.2, -0.15) is 0 Å². The van der Waals surface area contributed by atoms with Crippen molar-refractivity contribution in [3.63, 3.8) is 0 Å². The molecule has 212 valence electrons. The summed E-state index contributed by atoms with van der Waals surface area (Å²) >= 11 is 19.6. The van der Waals surface area contributed by atoms with E-state index in [1.165, 1.54) is 6.07 Å². The van der Waals surface area contributed by atoms with Crippen molar-refractivity contribution in [3.8, 4) is 11.5 Å². The fourth-order valence-corrected chi connectivity index (χ4v) is 5.37. The molecular weight excluding hydrogens is 609 g/mol. The molecule has 41 heavy (non-hydrogen) atoms. The zero-order valence-electron chi connectivity index (χ0n) is 21.9. The van der Waals surface area contributed by atoms with Gasteiger partial charge in [-0.15, -0.1) is 0 Å². The topological polar surface area (TPSA) is 94.4 Å². The molecule has 0 atom stereocenters. The lowest BCUT2D eigenvalue weighted by molar-refractivity contribution is -0.138. The number of ether oxygens (including phenoxy) is 3. The Hall–Kier alpha value is -3.43. The van der Waals surface area contributed by atoms with Crippen LogP contribution in [0, 0.1) is 0 Å². The van der Waals surface area contributed by atoms with Gasteiger partial charge < -0.3 is 19.3 Å². The van der Waals surface area contributed by atoms with Crippen LogP contribution in [0.1, 0.15) is 35.3 Å². The number of esters is 1. The molecule has 11 heteroatoms. The third-order valence-corrected chi connectivity index (χ3v) is 7.49. The van der Waals surface area contributed by atoms with Gasteiger partial charge in [0.15, 0.2) is 11.5 Å². The number of carbonyl (C=O) groups is 2. The largest absolute Gasteiger partial charge is 0.506 e. The van der Waals surface area contributed by atoms with E-state index in [9.17, 15) is 14.7 Å². The second-order valence-corrected chi connectivity index (χ2v) is 10.7. The van der Waals surface area contributed by atoms with Gasteiger partial charge in [-0.3, -0.25) is 4.79 Å². The number of nitrogens with zero attached hydrogens (tertiary/aromatic N) is 1. The third-order valence-electron chi connectivity index (χ3n) is 5.60. The first-order valence-corrected chi connectivity index (χ1v) is 14.4. The Labute approximate surface area is 256 Å². The molecule has 1 aliphatic rings. The fourth-order valence-electron chi connectivity index (χ4n) is 3.74. The van der Waals surface area contributed by atoms with Crippen molar-refractivity contribution in [2.75, 3.05) is 13.2 Å². The minimum atomic E-state index is -0.814. The van der Waals surface area contributed by atoms with E-state index < -0.39 is 11.9 Å². The zero-order chi connectivity index (χ0) is 29.5. The fraction of sp³-hybridized carbons (Fsp3) is 0.167. The van der Waals surface area contributed by atoms with Gasteiger partial charge in [-0.25, -0.2) is 9.79 Å². The number of halogens is 3. The molecular formula is C30H24Cl3NO6S. The molecule has 0 fully saturated rings. The van der Waals surface area contributed by atoms with Gasteiger partial charge >= 0.3 is 5.97 Å². The smallest absolute Gasteiger partial charge is 0.344 e. The number of benzene rings is 3. The van der Waals surface area contributed by atoms with Crippen LogP contribution in [0.3, 0.4) is 0 Å². The minimum absolute atomic E-state index is 0.0174. The molecule has 0 bridgehead atoms. The molecule has 0 radical (unpaired) electrons. The van der Waals surface area contributed by atoms with E-state index in [-0.39, 0.29) is 50.1 Å². The van der Waals surface area contributed by atoms with Crippen molar-refractivity contribution in [1.29, 1.82) is 0 Å². The van der Waals surface area contributed by atoms with Crippen LogP contribution in [0.4, 0.5) is 0 Å². The Morgan fingerprint density at radius 2 is 1.68 bits per heavy atom. The SMILES string of the molecule is CCOC(=O)C1=C(O)/C(=C/c2cc(Cl)c(OCc3ccc(Cl)cc3)c(OCC)c2)SC1=NC(=O)c1ccccc1Cl. The third kappa shape index (κ3) is 7.45. The van der Waals surface area contributed by atoms with E-state index in [1.54, 1.807) is 55.5 Å². The molecule has 7 nitrogen and oxygen atoms in total. The Balaban J connectivity index is 1.68. The second kappa shape index (κ2) is 14.0. The van der Waals surface area contributed by atoms with Crippen molar-refractivity contribution in [2.24, 2.45) is 4.99 Å². The second-order valence-electron chi connectivity index (χ2n) is 8.43. The lowest BCUT2D eigenvalue weighted by Gasteiger charge is -2.15. The van der Waals surface area contributed by atoms with E-state index in [0.717, 1.165) is 17.3 Å². The Kier molecular flexibility index (Phi) is 10.4. The molecule has 1 aliphatic heterocycles. The molecule has 4 rings (SSSR count). The van der Waals surface area contributed by atoms with Crippen LogP contribution in [-0.4, -0.2) is 35.2 Å². The minimum Gasteiger partial charge on any atom is -0.506 e. The molecule has 1 heterocycles. The number of aliphatic imine (C=N–C) groups is 1. The number of rotatable bonds is 9. The van der Waals surface area contributed by atoms with Crippen LogP contribution < -0.4 is 9.47 Å². The maximum absolute atomic E-state index is 12.9. The van der Waals surface area contributed by atoms with Crippen LogP contribution in [0.2, 0.25) is 15.1 Å². The summed E-state index contributed by atoms with van der Waals surface area (Å²) in [7, 11) is 0. The summed E-state index contributed by atoms with van der Waals surface area (Å²) in [5.74, 6) is -1.12. The Bertz CT molecular complexity index is 1570. The highest BCUT2D eigenvalue weighted by molar-refractivity contribution is 8.18. The predicted molar refractivity (Wildman–Crippen MR) is 163 cm³/mol. The van der Waals surface area contributed by atoms with Crippen LogP contribution in [0.5, 0.6) is 11.5 Å². The molecule has 0 spiro atoms. The Morgan fingerprint density at radius 1 is 0.951 bits per heavy atom. The summed E-state index contributed by atoms with van der Waals surface area (Å²) in [5.41, 5.74) is 1.38. The number of amides is 1. The van der Waals surface area contributed by atoms with Crippen molar-refractivity contribution in [3.05, 3.63) is 109 Å². The first-order chi connectivity index (χ1) is 19.7. The molecule has 1 amide bonds. The van der Waals surface area contributed by atoms with E-state index in [0.29, 0.717) is 28.7 Å². The molecule has 0 saturated heterocycles. The zero-order valence-corrected chi connectivity index (χ0v) is 25.0. The highest BCUT2D eigenvalue weighted by Crippen LogP contribution is 2.42. The molecule has 3 aromatic rings. The number of aliphatic hydroxyl groups is 1. The quantitative estimate of drug-likeness (QED) is 0.237. The number of carbonyl (C=O) groups excluding carboxylic acids is 2. The van der Waals surface area contributed by atoms with Gasteiger partial charge in [0.2, 0.25) is 0 Å². The summed E-state index contributed by atoms with van der Waals surface area (Å²) < 4.78 is 16.9.